The molecule has 3 rings (SSSR count). The summed E-state index contributed by atoms with van der Waals surface area (Å²) in [5.74, 6) is 0. The van der Waals surface area contributed by atoms with E-state index in [1.54, 1.807) is 16.4 Å². The minimum atomic E-state index is -3.46. The summed E-state index contributed by atoms with van der Waals surface area (Å²) in [4.78, 5) is 4.78. The lowest BCUT2D eigenvalue weighted by molar-refractivity contribution is 0.0388. The van der Waals surface area contributed by atoms with E-state index in [1.165, 1.54) is 0 Å². The van der Waals surface area contributed by atoms with Gasteiger partial charge in [0.15, 0.2) is 5.11 Å². The molecule has 28 heavy (non-hydrogen) atoms. The lowest BCUT2D eigenvalue weighted by Gasteiger charge is -2.36. The number of thiocarbonyl (C=S) groups is 1. The average Bonchev–Trinajstić information content (AvgIpc) is 2.71. The Hall–Kier alpha value is -1.26. The van der Waals surface area contributed by atoms with Gasteiger partial charge < -0.3 is 15.0 Å². The fourth-order valence-electron chi connectivity index (χ4n) is 3.41. The largest absolute Gasteiger partial charge is 0.379 e. The van der Waals surface area contributed by atoms with Gasteiger partial charge in [-0.05, 0) is 49.3 Å². The molecule has 2 saturated heterocycles. The molecule has 9 heteroatoms. The van der Waals surface area contributed by atoms with Crippen molar-refractivity contribution in [1.29, 1.82) is 0 Å². The van der Waals surface area contributed by atoms with Crippen LogP contribution in [0.1, 0.15) is 11.1 Å². The molecule has 0 radical (unpaired) electrons. The summed E-state index contributed by atoms with van der Waals surface area (Å²) >= 11 is 5.50. The van der Waals surface area contributed by atoms with E-state index < -0.39 is 10.0 Å². The van der Waals surface area contributed by atoms with Crippen molar-refractivity contribution in [2.45, 2.75) is 18.7 Å². The van der Waals surface area contributed by atoms with E-state index in [0.29, 0.717) is 36.2 Å². The first kappa shape index (κ1) is 21.4. The number of nitrogens with one attached hydrogen (secondary N) is 1. The van der Waals surface area contributed by atoms with Crippen molar-refractivity contribution in [3.8, 4) is 0 Å². The smallest absolute Gasteiger partial charge is 0.243 e. The molecule has 0 amide bonds. The lowest BCUT2D eigenvalue weighted by atomic mass is 10.1. The zero-order chi connectivity index (χ0) is 20.1. The Kier molecular flexibility index (Phi) is 7.27. The lowest BCUT2D eigenvalue weighted by Crippen LogP contribution is -2.53. The summed E-state index contributed by atoms with van der Waals surface area (Å²) in [6, 6.07) is 5.32. The fraction of sp³-hybridized carbons (Fsp3) is 0.632. The molecular weight excluding hydrogens is 396 g/mol. The van der Waals surface area contributed by atoms with Crippen LogP contribution in [0.5, 0.6) is 0 Å². The molecule has 0 spiro atoms. The molecule has 0 bridgehead atoms. The van der Waals surface area contributed by atoms with Crippen LogP contribution in [-0.2, 0) is 14.8 Å². The third kappa shape index (κ3) is 5.21. The number of benzene rings is 1. The van der Waals surface area contributed by atoms with E-state index in [9.17, 15) is 8.42 Å². The maximum Gasteiger partial charge on any atom is 0.243 e. The molecule has 0 aromatic heterocycles. The number of morpholine rings is 1. The highest BCUT2D eigenvalue weighted by Gasteiger charge is 2.29. The Labute approximate surface area is 173 Å². The van der Waals surface area contributed by atoms with Crippen LogP contribution >= 0.6 is 12.2 Å². The minimum Gasteiger partial charge on any atom is -0.379 e. The number of sulfonamides is 1. The van der Waals surface area contributed by atoms with E-state index >= 15 is 0 Å². The molecule has 1 aromatic rings. The molecule has 1 aromatic carbocycles. The third-order valence-corrected chi connectivity index (χ3v) is 7.75. The van der Waals surface area contributed by atoms with E-state index in [4.69, 9.17) is 17.0 Å². The highest BCUT2D eigenvalue weighted by molar-refractivity contribution is 7.89. The van der Waals surface area contributed by atoms with Crippen molar-refractivity contribution in [3.63, 3.8) is 0 Å². The van der Waals surface area contributed by atoms with E-state index in [-0.39, 0.29) is 0 Å². The van der Waals surface area contributed by atoms with Crippen molar-refractivity contribution < 1.29 is 13.2 Å². The number of aryl methyl sites for hydroxylation is 2. The van der Waals surface area contributed by atoms with Crippen molar-refractivity contribution in [2.75, 3.05) is 65.6 Å². The topological polar surface area (TPSA) is 65.1 Å². The molecule has 0 unspecified atom stereocenters. The summed E-state index contributed by atoms with van der Waals surface area (Å²) in [7, 11) is -3.46. The Morgan fingerprint density at radius 2 is 1.75 bits per heavy atom. The summed E-state index contributed by atoms with van der Waals surface area (Å²) in [5, 5.41) is 4.01. The van der Waals surface area contributed by atoms with Crippen LogP contribution in [0.25, 0.3) is 0 Å². The van der Waals surface area contributed by atoms with Gasteiger partial charge >= 0.3 is 0 Å². The standard InChI is InChI=1S/C19H30N4O3S2/c1-16-3-4-18(15-17(16)2)28(24,25)23-9-7-22(8-10-23)19(27)20-5-6-21-11-13-26-14-12-21/h3-4,15H,5-14H2,1-2H3,(H,20,27). The van der Waals surface area contributed by atoms with Crippen LogP contribution in [-0.4, -0.2) is 93.2 Å². The van der Waals surface area contributed by atoms with Crippen molar-refractivity contribution >= 4 is 27.4 Å². The van der Waals surface area contributed by atoms with Gasteiger partial charge in [-0.2, -0.15) is 4.31 Å². The molecule has 0 atom stereocenters. The normalized spacial score (nSPS) is 19.6. The minimum absolute atomic E-state index is 0.371. The second kappa shape index (κ2) is 9.49. The maximum atomic E-state index is 12.9. The van der Waals surface area contributed by atoms with Gasteiger partial charge in [0.2, 0.25) is 10.0 Å². The number of nitrogens with zero attached hydrogens (tertiary/aromatic N) is 3. The van der Waals surface area contributed by atoms with Crippen molar-refractivity contribution in [1.82, 2.24) is 19.4 Å². The first-order valence-electron chi connectivity index (χ1n) is 9.78. The number of ether oxygens (including phenoxy) is 1. The van der Waals surface area contributed by atoms with Gasteiger partial charge in [0.05, 0.1) is 18.1 Å². The highest BCUT2D eigenvalue weighted by atomic mass is 32.2. The molecule has 7 nitrogen and oxygen atoms in total. The molecular formula is C19H30N4O3S2. The van der Waals surface area contributed by atoms with Gasteiger partial charge in [-0.3, -0.25) is 4.90 Å². The van der Waals surface area contributed by atoms with Crippen LogP contribution < -0.4 is 5.32 Å². The van der Waals surface area contributed by atoms with Gasteiger partial charge in [-0.1, -0.05) is 6.07 Å². The fourth-order valence-corrected chi connectivity index (χ4v) is 5.21. The summed E-state index contributed by atoms with van der Waals surface area (Å²) in [5.41, 5.74) is 2.09. The first-order chi connectivity index (χ1) is 13.4. The predicted molar refractivity (Wildman–Crippen MR) is 114 cm³/mol. The summed E-state index contributed by atoms with van der Waals surface area (Å²) in [6.45, 7) is 11.3. The molecule has 1 N–H and O–H groups in total. The number of hydrogen-bond donors (Lipinski definition) is 1. The van der Waals surface area contributed by atoms with Crippen molar-refractivity contribution in [3.05, 3.63) is 29.3 Å². The molecule has 2 fully saturated rings. The third-order valence-electron chi connectivity index (χ3n) is 5.45. The quantitative estimate of drug-likeness (QED) is 0.699. The van der Waals surface area contributed by atoms with Gasteiger partial charge in [0, 0.05) is 52.4 Å². The molecule has 2 aliphatic rings. The number of piperazine rings is 1. The van der Waals surface area contributed by atoms with Gasteiger partial charge in [-0.15, -0.1) is 0 Å². The zero-order valence-electron chi connectivity index (χ0n) is 16.7. The van der Waals surface area contributed by atoms with Crippen LogP contribution in [0.4, 0.5) is 0 Å². The first-order valence-corrected chi connectivity index (χ1v) is 11.6. The molecule has 2 aliphatic heterocycles. The molecule has 156 valence electrons. The Bertz CT molecular complexity index is 786. The van der Waals surface area contributed by atoms with E-state index in [2.05, 4.69) is 15.1 Å². The highest BCUT2D eigenvalue weighted by Crippen LogP contribution is 2.20. The maximum absolute atomic E-state index is 12.9. The Morgan fingerprint density at radius 1 is 1.07 bits per heavy atom. The SMILES string of the molecule is Cc1ccc(S(=O)(=O)N2CCN(C(=S)NCCN3CCOCC3)CC2)cc1C. The van der Waals surface area contributed by atoms with Gasteiger partial charge in [0.25, 0.3) is 0 Å². The molecule has 0 saturated carbocycles. The number of rotatable bonds is 5. The second-order valence-corrected chi connectivity index (χ2v) is 9.65. The zero-order valence-corrected chi connectivity index (χ0v) is 18.3. The van der Waals surface area contributed by atoms with Crippen LogP contribution in [0.2, 0.25) is 0 Å². The van der Waals surface area contributed by atoms with Crippen LogP contribution in [0, 0.1) is 13.8 Å². The van der Waals surface area contributed by atoms with E-state index in [0.717, 1.165) is 50.5 Å². The Morgan fingerprint density at radius 3 is 2.39 bits per heavy atom. The summed E-state index contributed by atoms with van der Waals surface area (Å²) in [6.07, 6.45) is 0. The number of hydrogen-bond acceptors (Lipinski definition) is 5. The monoisotopic (exact) mass is 426 g/mol. The van der Waals surface area contributed by atoms with Crippen molar-refractivity contribution in [2.24, 2.45) is 0 Å². The van der Waals surface area contributed by atoms with Gasteiger partial charge in [-0.25, -0.2) is 8.42 Å². The summed E-state index contributed by atoms with van der Waals surface area (Å²) < 4.78 is 32.7. The van der Waals surface area contributed by atoms with E-state index in [1.807, 2.05) is 19.9 Å². The molecule has 2 heterocycles. The average molecular weight is 427 g/mol. The van der Waals surface area contributed by atoms with Gasteiger partial charge in [0.1, 0.15) is 0 Å². The molecule has 0 aliphatic carbocycles. The predicted octanol–water partition coefficient (Wildman–Crippen LogP) is 0.816. The Balaban J connectivity index is 1.47. The second-order valence-electron chi connectivity index (χ2n) is 7.32. The van der Waals surface area contributed by atoms with Crippen LogP contribution in [0.3, 0.4) is 0 Å². The van der Waals surface area contributed by atoms with Crippen LogP contribution in [0.15, 0.2) is 23.1 Å².